The van der Waals surface area contributed by atoms with Crippen molar-refractivity contribution >= 4 is 11.8 Å². The lowest BCUT2D eigenvalue weighted by atomic mass is 9.96. The Morgan fingerprint density at radius 1 is 1.23 bits per heavy atom. The molecule has 1 aliphatic heterocycles. The Balaban J connectivity index is 1.64. The van der Waals surface area contributed by atoms with Crippen molar-refractivity contribution in [2.45, 2.75) is 46.1 Å². The summed E-state index contributed by atoms with van der Waals surface area (Å²) in [5.74, 6) is 0.101. The van der Waals surface area contributed by atoms with E-state index in [1.807, 2.05) is 43.9 Å². The summed E-state index contributed by atoms with van der Waals surface area (Å²) in [6.07, 6.45) is 2.59. The molecule has 2 rings (SSSR count). The van der Waals surface area contributed by atoms with Crippen LogP contribution in [0.4, 0.5) is 0 Å². The first kappa shape index (κ1) is 20.4. The predicted octanol–water partition coefficient (Wildman–Crippen LogP) is 3.17. The highest BCUT2D eigenvalue weighted by Crippen LogP contribution is 2.19. The lowest BCUT2D eigenvalue weighted by Crippen LogP contribution is -2.46. The van der Waals surface area contributed by atoms with Crippen molar-refractivity contribution in [1.29, 1.82) is 0 Å². The van der Waals surface area contributed by atoms with Gasteiger partial charge in [0, 0.05) is 32.2 Å². The maximum Gasteiger partial charge on any atom is 0.225 e. The number of carbonyl (C=O) groups is 2. The van der Waals surface area contributed by atoms with E-state index in [4.69, 9.17) is 4.74 Å². The summed E-state index contributed by atoms with van der Waals surface area (Å²) in [5.41, 5.74) is 1.16. The molecule has 5 nitrogen and oxygen atoms in total. The first-order chi connectivity index (χ1) is 12.5. The Morgan fingerprint density at radius 3 is 2.65 bits per heavy atom. The SMILES string of the molecule is CC(C)C(=O)N1CCC[C@@H](C(=O)NCCCO[C@@H](C)c2ccccc2)C1. The summed E-state index contributed by atoms with van der Waals surface area (Å²) < 4.78 is 5.83. The zero-order valence-corrected chi connectivity index (χ0v) is 16.2. The summed E-state index contributed by atoms with van der Waals surface area (Å²) in [4.78, 5) is 26.3. The fraction of sp³-hybridized carbons (Fsp3) is 0.619. The Hall–Kier alpha value is -1.88. The first-order valence-electron chi connectivity index (χ1n) is 9.72. The van der Waals surface area contributed by atoms with Crippen LogP contribution in [0, 0.1) is 11.8 Å². The number of nitrogens with zero attached hydrogens (tertiary/aromatic N) is 1. The molecule has 2 atom stereocenters. The van der Waals surface area contributed by atoms with Crippen LogP contribution in [0.15, 0.2) is 30.3 Å². The zero-order valence-electron chi connectivity index (χ0n) is 16.2. The molecule has 0 saturated carbocycles. The molecule has 26 heavy (non-hydrogen) atoms. The van der Waals surface area contributed by atoms with Crippen LogP contribution < -0.4 is 5.32 Å². The van der Waals surface area contributed by atoms with Gasteiger partial charge in [-0.3, -0.25) is 9.59 Å². The smallest absolute Gasteiger partial charge is 0.225 e. The van der Waals surface area contributed by atoms with E-state index in [1.165, 1.54) is 0 Å². The largest absolute Gasteiger partial charge is 0.374 e. The quantitative estimate of drug-likeness (QED) is 0.725. The topological polar surface area (TPSA) is 58.6 Å². The number of ether oxygens (including phenoxy) is 1. The minimum absolute atomic E-state index is 0.0134. The van der Waals surface area contributed by atoms with Gasteiger partial charge in [-0.25, -0.2) is 0 Å². The van der Waals surface area contributed by atoms with E-state index in [0.29, 0.717) is 19.7 Å². The summed E-state index contributed by atoms with van der Waals surface area (Å²) in [6, 6.07) is 10.1. The summed E-state index contributed by atoms with van der Waals surface area (Å²) in [6.45, 7) is 8.38. The third-order valence-electron chi connectivity index (χ3n) is 4.85. The van der Waals surface area contributed by atoms with Crippen LogP contribution >= 0.6 is 0 Å². The van der Waals surface area contributed by atoms with E-state index in [9.17, 15) is 9.59 Å². The van der Waals surface area contributed by atoms with Gasteiger partial charge in [-0.2, -0.15) is 0 Å². The second kappa shape index (κ2) is 10.3. The number of amides is 2. The van der Waals surface area contributed by atoms with E-state index in [2.05, 4.69) is 17.4 Å². The van der Waals surface area contributed by atoms with Gasteiger partial charge in [0.25, 0.3) is 0 Å². The number of likely N-dealkylation sites (tertiary alicyclic amines) is 1. The van der Waals surface area contributed by atoms with Gasteiger partial charge < -0.3 is 15.0 Å². The fourth-order valence-electron chi connectivity index (χ4n) is 3.26. The summed E-state index contributed by atoms with van der Waals surface area (Å²) >= 11 is 0. The molecule has 1 aliphatic rings. The van der Waals surface area contributed by atoms with Gasteiger partial charge in [0.15, 0.2) is 0 Å². The zero-order chi connectivity index (χ0) is 18.9. The Bertz CT molecular complexity index is 574. The number of piperidine rings is 1. The maximum absolute atomic E-state index is 12.4. The fourth-order valence-corrected chi connectivity index (χ4v) is 3.26. The van der Waals surface area contributed by atoms with Crippen LogP contribution in [-0.2, 0) is 14.3 Å². The standard InChI is InChI=1S/C21H32N2O3/c1-16(2)21(25)23-13-7-11-19(15-23)20(24)22-12-8-14-26-17(3)18-9-5-4-6-10-18/h4-6,9-10,16-17,19H,7-8,11-15H2,1-3H3,(H,22,24)/t17-,19+/m0/s1. The molecule has 0 aliphatic carbocycles. The van der Waals surface area contributed by atoms with Gasteiger partial charge in [-0.05, 0) is 31.7 Å². The maximum atomic E-state index is 12.4. The molecule has 0 radical (unpaired) electrons. The number of carbonyl (C=O) groups excluding carboxylic acids is 2. The molecular formula is C21H32N2O3. The number of nitrogens with one attached hydrogen (secondary N) is 1. The van der Waals surface area contributed by atoms with Gasteiger partial charge >= 0.3 is 0 Å². The predicted molar refractivity (Wildman–Crippen MR) is 103 cm³/mol. The van der Waals surface area contributed by atoms with E-state index in [-0.39, 0.29) is 29.8 Å². The van der Waals surface area contributed by atoms with Gasteiger partial charge in [-0.15, -0.1) is 0 Å². The van der Waals surface area contributed by atoms with Crippen LogP contribution in [-0.4, -0.2) is 43.0 Å². The van der Waals surface area contributed by atoms with Crippen LogP contribution in [0.1, 0.15) is 51.7 Å². The Labute approximate surface area is 157 Å². The summed E-state index contributed by atoms with van der Waals surface area (Å²) in [7, 11) is 0. The van der Waals surface area contributed by atoms with E-state index in [0.717, 1.165) is 31.4 Å². The first-order valence-corrected chi connectivity index (χ1v) is 9.72. The van der Waals surface area contributed by atoms with E-state index < -0.39 is 0 Å². The third kappa shape index (κ3) is 6.13. The molecule has 5 heteroatoms. The third-order valence-corrected chi connectivity index (χ3v) is 4.85. The number of rotatable bonds is 8. The molecule has 1 aromatic carbocycles. The molecule has 1 saturated heterocycles. The van der Waals surface area contributed by atoms with Crippen LogP contribution in [0.3, 0.4) is 0 Å². The van der Waals surface area contributed by atoms with Crippen molar-refractivity contribution in [3.8, 4) is 0 Å². The molecule has 1 N–H and O–H groups in total. The molecule has 0 spiro atoms. The molecule has 1 heterocycles. The number of benzene rings is 1. The van der Waals surface area contributed by atoms with Gasteiger partial charge in [0.1, 0.15) is 0 Å². The van der Waals surface area contributed by atoms with Crippen molar-refractivity contribution in [2.24, 2.45) is 11.8 Å². The van der Waals surface area contributed by atoms with Crippen molar-refractivity contribution in [1.82, 2.24) is 10.2 Å². The second-order valence-corrected chi connectivity index (χ2v) is 7.35. The van der Waals surface area contributed by atoms with Crippen molar-refractivity contribution in [2.75, 3.05) is 26.2 Å². The van der Waals surface area contributed by atoms with Gasteiger partial charge in [0.2, 0.25) is 11.8 Å². The van der Waals surface area contributed by atoms with Crippen LogP contribution in [0.5, 0.6) is 0 Å². The Kier molecular flexibility index (Phi) is 8.10. The van der Waals surface area contributed by atoms with Crippen molar-refractivity contribution in [3.63, 3.8) is 0 Å². The molecule has 2 amide bonds. The Morgan fingerprint density at radius 2 is 1.96 bits per heavy atom. The second-order valence-electron chi connectivity index (χ2n) is 7.35. The molecule has 144 valence electrons. The highest BCUT2D eigenvalue weighted by atomic mass is 16.5. The molecule has 0 bridgehead atoms. The van der Waals surface area contributed by atoms with Crippen molar-refractivity contribution in [3.05, 3.63) is 35.9 Å². The summed E-state index contributed by atoms with van der Waals surface area (Å²) in [5, 5.41) is 3.00. The molecule has 1 aromatic rings. The lowest BCUT2D eigenvalue weighted by Gasteiger charge is -2.33. The lowest BCUT2D eigenvalue weighted by molar-refractivity contribution is -0.138. The van der Waals surface area contributed by atoms with Crippen LogP contribution in [0.2, 0.25) is 0 Å². The van der Waals surface area contributed by atoms with E-state index in [1.54, 1.807) is 0 Å². The minimum Gasteiger partial charge on any atom is -0.374 e. The van der Waals surface area contributed by atoms with Gasteiger partial charge in [-0.1, -0.05) is 44.2 Å². The normalized spacial score (nSPS) is 18.6. The molecule has 1 fully saturated rings. The number of hydrogen-bond donors (Lipinski definition) is 1. The monoisotopic (exact) mass is 360 g/mol. The number of hydrogen-bond acceptors (Lipinski definition) is 3. The highest BCUT2D eigenvalue weighted by Gasteiger charge is 2.29. The van der Waals surface area contributed by atoms with E-state index >= 15 is 0 Å². The average Bonchev–Trinajstić information content (AvgIpc) is 2.67. The molecule has 0 aromatic heterocycles. The molecular weight excluding hydrogens is 328 g/mol. The molecule has 0 unspecified atom stereocenters. The van der Waals surface area contributed by atoms with Gasteiger partial charge in [0.05, 0.1) is 12.0 Å². The van der Waals surface area contributed by atoms with Crippen LogP contribution in [0.25, 0.3) is 0 Å². The minimum atomic E-state index is -0.0874. The highest BCUT2D eigenvalue weighted by molar-refractivity contribution is 5.82. The van der Waals surface area contributed by atoms with Crippen molar-refractivity contribution < 1.29 is 14.3 Å². The average molecular weight is 360 g/mol.